The van der Waals surface area contributed by atoms with Gasteiger partial charge in [0, 0.05) is 12.0 Å². The Morgan fingerprint density at radius 2 is 1.95 bits per heavy atom. The molecule has 4 heteroatoms. The van der Waals surface area contributed by atoms with E-state index in [2.05, 4.69) is 0 Å². The van der Waals surface area contributed by atoms with Crippen molar-refractivity contribution in [2.75, 3.05) is 0 Å². The number of benzene rings is 2. The normalized spacial score (nSPS) is 11.7. The van der Waals surface area contributed by atoms with Crippen LogP contribution in [0.4, 0.5) is 0 Å². The molecule has 3 rings (SSSR count). The van der Waals surface area contributed by atoms with Crippen molar-refractivity contribution in [3.63, 3.8) is 0 Å². The van der Waals surface area contributed by atoms with Crippen LogP contribution < -0.4 is 4.74 Å². The molecule has 104 valence electrons. The molecule has 0 spiro atoms. The van der Waals surface area contributed by atoms with Crippen molar-refractivity contribution < 1.29 is 14.6 Å². The maximum atomic E-state index is 11.5. The van der Waals surface area contributed by atoms with E-state index in [9.17, 15) is 9.90 Å². The van der Waals surface area contributed by atoms with Gasteiger partial charge in [-0.25, -0.2) is 4.79 Å². The Hall–Kier alpha value is -1.47. The molecule has 3 nitrogen and oxygen atoms in total. The fourth-order valence-electron chi connectivity index (χ4n) is 2.57. The summed E-state index contributed by atoms with van der Waals surface area (Å²) in [5.74, 6) is 0.598. The summed E-state index contributed by atoms with van der Waals surface area (Å²) < 4.78 is 5.80. The number of hydrogen-bond donors (Lipinski definition) is 1. The second kappa shape index (κ2) is 5.88. The van der Waals surface area contributed by atoms with Crippen LogP contribution in [0.2, 0.25) is 0 Å². The molecule has 0 amide bonds. The first-order chi connectivity index (χ1) is 9.20. The van der Waals surface area contributed by atoms with Crippen LogP contribution in [0.5, 0.6) is 11.5 Å². The molecule has 0 radical (unpaired) electrons. The molecule has 2 aromatic rings. The van der Waals surface area contributed by atoms with Crippen LogP contribution in [0.3, 0.4) is 0 Å². The van der Waals surface area contributed by atoms with E-state index < -0.39 is 5.97 Å². The van der Waals surface area contributed by atoms with Crippen molar-refractivity contribution in [2.45, 2.75) is 19.8 Å². The molecule has 0 unspecified atom stereocenters. The minimum atomic E-state index is -0.878. The first kappa shape index (κ1) is 14.9. The van der Waals surface area contributed by atoms with Crippen LogP contribution >= 0.6 is 0 Å². The molecule has 0 bridgehead atoms. The number of aryl methyl sites for hydroxylation is 1. The first-order valence-electron chi connectivity index (χ1n) is 6.34. The van der Waals surface area contributed by atoms with Gasteiger partial charge >= 0.3 is 30.4 Å². The summed E-state index contributed by atoms with van der Waals surface area (Å²) in [6.45, 7) is 1.96. The molecular weight excluding hydrogens is 362 g/mol. The summed E-state index contributed by atoms with van der Waals surface area (Å²) in [4.78, 5) is 11.5. The Balaban J connectivity index is 0.00000147. The number of rotatable bonds is 2. The predicted octanol–water partition coefficient (Wildman–Crippen LogP) is 2.46. The minimum absolute atomic E-state index is 0. The van der Waals surface area contributed by atoms with E-state index in [1.54, 1.807) is 0 Å². The third kappa shape index (κ3) is 2.43. The van der Waals surface area contributed by atoms with Crippen LogP contribution in [0.1, 0.15) is 34.0 Å². The van der Waals surface area contributed by atoms with Gasteiger partial charge in [0.25, 0.3) is 0 Å². The molecule has 1 heterocycles. The molecular formula is C16H17O3Sb. The molecule has 20 heavy (non-hydrogen) atoms. The average Bonchev–Trinajstić information content (AvgIpc) is 2.43. The van der Waals surface area contributed by atoms with Crippen molar-refractivity contribution in [2.24, 2.45) is 0 Å². The van der Waals surface area contributed by atoms with E-state index >= 15 is 0 Å². The van der Waals surface area contributed by atoms with Gasteiger partial charge in [-0.05, 0) is 29.7 Å². The van der Waals surface area contributed by atoms with Crippen molar-refractivity contribution >= 4 is 30.4 Å². The Bertz CT molecular complexity index is 665. The maximum absolute atomic E-state index is 11.5. The Labute approximate surface area is 135 Å². The molecule has 0 aromatic heterocycles. The van der Waals surface area contributed by atoms with Crippen molar-refractivity contribution in [1.29, 1.82) is 0 Å². The first-order valence-corrected chi connectivity index (χ1v) is 6.34. The fraction of sp³-hybridized carbons (Fsp3) is 0.188. The molecule has 2 aromatic carbocycles. The van der Waals surface area contributed by atoms with E-state index in [0.717, 1.165) is 22.4 Å². The number of aromatic carboxylic acids is 1. The van der Waals surface area contributed by atoms with Gasteiger partial charge in [-0.2, -0.15) is 0 Å². The van der Waals surface area contributed by atoms with Gasteiger partial charge in [-0.15, -0.1) is 0 Å². The summed E-state index contributed by atoms with van der Waals surface area (Å²) in [5, 5.41) is 9.45. The molecule has 0 saturated carbocycles. The Morgan fingerprint density at radius 1 is 1.20 bits per heavy atom. The zero-order valence-electron chi connectivity index (χ0n) is 11.3. The second-order valence-corrected chi connectivity index (χ2v) is 4.62. The monoisotopic (exact) mass is 378 g/mol. The average molecular weight is 379 g/mol. The third-order valence-electron chi connectivity index (χ3n) is 3.51. The SMILES string of the molecule is CCc1ccc2c(c1C(=O)O)Cc1ccccc1O2.[SbH3]. The summed E-state index contributed by atoms with van der Waals surface area (Å²) in [6.07, 6.45) is 1.32. The summed E-state index contributed by atoms with van der Waals surface area (Å²) >= 11 is 0. The Morgan fingerprint density at radius 3 is 2.65 bits per heavy atom. The number of para-hydroxylation sites is 1. The number of carboxylic acid groups (broad SMARTS) is 1. The van der Waals surface area contributed by atoms with Gasteiger partial charge < -0.3 is 9.84 Å². The van der Waals surface area contributed by atoms with Crippen LogP contribution in [0, 0.1) is 0 Å². The molecule has 0 fully saturated rings. The summed E-state index contributed by atoms with van der Waals surface area (Å²) in [7, 11) is 0. The van der Waals surface area contributed by atoms with Crippen LogP contribution in [0.15, 0.2) is 36.4 Å². The Kier molecular flexibility index (Phi) is 4.39. The number of ether oxygens (including phenoxy) is 1. The van der Waals surface area contributed by atoms with Crippen LogP contribution in [-0.2, 0) is 12.8 Å². The molecule has 0 aliphatic carbocycles. The number of hydrogen-bond acceptors (Lipinski definition) is 2. The molecule has 0 saturated heterocycles. The van der Waals surface area contributed by atoms with Gasteiger partial charge in [0.2, 0.25) is 0 Å². The van der Waals surface area contributed by atoms with Crippen molar-refractivity contribution in [3.8, 4) is 11.5 Å². The third-order valence-corrected chi connectivity index (χ3v) is 3.51. The fourth-order valence-corrected chi connectivity index (χ4v) is 2.57. The second-order valence-electron chi connectivity index (χ2n) is 4.62. The molecule has 1 aliphatic rings. The standard InChI is InChI=1S/C16H14O3.Sb.3H/c1-2-10-7-8-14-12(15(10)16(17)18)9-11-5-3-4-6-13(11)19-14;;;;/h3-8H,2,9H2,1H3,(H,17,18);;;;. The number of fused-ring (bicyclic) bond motifs is 2. The van der Waals surface area contributed by atoms with E-state index in [-0.39, 0.29) is 24.4 Å². The van der Waals surface area contributed by atoms with E-state index in [4.69, 9.17) is 4.74 Å². The van der Waals surface area contributed by atoms with Crippen LogP contribution in [-0.4, -0.2) is 35.5 Å². The van der Waals surface area contributed by atoms with Crippen molar-refractivity contribution in [1.82, 2.24) is 0 Å². The topological polar surface area (TPSA) is 46.5 Å². The van der Waals surface area contributed by atoms with E-state index in [1.165, 1.54) is 0 Å². The van der Waals surface area contributed by atoms with Gasteiger partial charge in [0.05, 0.1) is 5.56 Å². The zero-order chi connectivity index (χ0) is 13.4. The molecule has 1 aliphatic heterocycles. The van der Waals surface area contributed by atoms with Gasteiger partial charge in [-0.1, -0.05) is 31.2 Å². The summed E-state index contributed by atoms with van der Waals surface area (Å²) in [6, 6.07) is 11.5. The zero-order valence-corrected chi connectivity index (χ0v) is 15.4. The predicted molar refractivity (Wildman–Crippen MR) is 82.0 cm³/mol. The number of carboxylic acids is 1. The van der Waals surface area contributed by atoms with Crippen molar-refractivity contribution in [3.05, 3.63) is 58.7 Å². The van der Waals surface area contributed by atoms with E-state index in [1.807, 2.05) is 43.3 Å². The van der Waals surface area contributed by atoms with E-state index in [0.29, 0.717) is 24.2 Å². The van der Waals surface area contributed by atoms with Crippen LogP contribution in [0.25, 0.3) is 0 Å². The quantitative estimate of drug-likeness (QED) is 0.697. The van der Waals surface area contributed by atoms with Gasteiger partial charge in [-0.3, -0.25) is 0 Å². The van der Waals surface area contributed by atoms with Gasteiger partial charge in [0.15, 0.2) is 0 Å². The van der Waals surface area contributed by atoms with Gasteiger partial charge in [0.1, 0.15) is 11.5 Å². The molecule has 0 atom stereocenters. The number of carbonyl (C=O) groups is 1. The molecule has 1 N–H and O–H groups in total. The summed E-state index contributed by atoms with van der Waals surface area (Å²) in [5.41, 5.74) is 3.07.